The van der Waals surface area contributed by atoms with Crippen LogP contribution in [0.15, 0.2) is 53.7 Å². The van der Waals surface area contributed by atoms with Crippen LogP contribution in [-0.2, 0) is 4.79 Å². The molecule has 0 aliphatic rings. The number of amides is 1. The van der Waals surface area contributed by atoms with Gasteiger partial charge in [-0.3, -0.25) is 20.0 Å². The Morgan fingerprint density at radius 1 is 1.30 bits per heavy atom. The SMILES string of the molecule is CC(Sc1n[nH]c(-c2ccccc2F)n1)C(=O)Nc1cccc([N+](=O)[O-])c1. The van der Waals surface area contributed by atoms with Crippen LogP contribution in [-0.4, -0.2) is 31.3 Å². The van der Waals surface area contributed by atoms with E-state index in [4.69, 9.17) is 0 Å². The average molecular weight is 387 g/mol. The van der Waals surface area contributed by atoms with Crippen molar-refractivity contribution in [3.8, 4) is 11.4 Å². The highest BCUT2D eigenvalue weighted by Gasteiger charge is 2.19. The number of nitro benzene ring substituents is 1. The summed E-state index contributed by atoms with van der Waals surface area (Å²) in [6, 6.07) is 11.8. The maximum absolute atomic E-state index is 13.8. The van der Waals surface area contributed by atoms with E-state index < -0.39 is 16.0 Å². The van der Waals surface area contributed by atoms with E-state index in [0.29, 0.717) is 5.69 Å². The summed E-state index contributed by atoms with van der Waals surface area (Å²) in [6.07, 6.45) is 0. The molecule has 1 amide bonds. The Bertz CT molecular complexity index is 994. The number of carbonyl (C=O) groups is 1. The van der Waals surface area contributed by atoms with Gasteiger partial charge in [0.15, 0.2) is 5.82 Å². The largest absolute Gasteiger partial charge is 0.325 e. The number of benzene rings is 2. The van der Waals surface area contributed by atoms with Crippen molar-refractivity contribution in [1.29, 1.82) is 0 Å². The Balaban J connectivity index is 1.66. The molecule has 0 saturated heterocycles. The van der Waals surface area contributed by atoms with Crippen molar-refractivity contribution in [1.82, 2.24) is 15.2 Å². The smallest absolute Gasteiger partial charge is 0.271 e. The Hall–Kier alpha value is -3.27. The lowest BCUT2D eigenvalue weighted by atomic mass is 10.2. The van der Waals surface area contributed by atoms with Crippen LogP contribution < -0.4 is 5.32 Å². The lowest BCUT2D eigenvalue weighted by Crippen LogP contribution is -2.22. The van der Waals surface area contributed by atoms with Crippen LogP contribution in [0.25, 0.3) is 11.4 Å². The molecule has 1 heterocycles. The van der Waals surface area contributed by atoms with Gasteiger partial charge < -0.3 is 5.32 Å². The summed E-state index contributed by atoms with van der Waals surface area (Å²) in [7, 11) is 0. The molecular formula is C17H14FN5O3S. The number of non-ortho nitro benzene ring substituents is 1. The Morgan fingerprint density at radius 2 is 2.07 bits per heavy atom. The summed E-state index contributed by atoms with van der Waals surface area (Å²) in [5.74, 6) is -0.527. The number of nitrogens with one attached hydrogen (secondary N) is 2. The molecule has 8 nitrogen and oxygen atoms in total. The maximum Gasteiger partial charge on any atom is 0.271 e. The molecule has 0 radical (unpaired) electrons. The van der Waals surface area contributed by atoms with Gasteiger partial charge in [-0.05, 0) is 25.1 Å². The molecule has 0 aliphatic carbocycles. The van der Waals surface area contributed by atoms with Crippen LogP contribution in [0, 0.1) is 15.9 Å². The first-order valence-corrected chi connectivity index (χ1v) is 8.71. The van der Waals surface area contributed by atoms with Crippen LogP contribution in [0.1, 0.15) is 6.92 Å². The zero-order chi connectivity index (χ0) is 19.4. The maximum atomic E-state index is 13.8. The highest BCUT2D eigenvalue weighted by molar-refractivity contribution is 8.00. The molecule has 0 aliphatic heterocycles. The predicted molar refractivity (Wildman–Crippen MR) is 98.8 cm³/mol. The van der Waals surface area contributed by atoms with Gasteiger partial charge in [0.1, 0.15) is 5.82 Å². The van der Waals surface area contributed by atoms with Crippen molar-refractivity contribution in [3.05, 3.63) is 64.5 Å². The first-order chi connectivity index (χ1) is 12.9. The summed E-state index contributed by atoms with van der Waals surface area (Å²) in [5.41, 5.74) is 0.492. The molecule has 2 N–H and O–H groups in total. The minimum absolute atomic E-state index is 0.114. The average Bonchev–Trinajstić information content (AvgIpc) is 3.10. The number of aromatic amines is 1. The number of carbonyl (C=O) groups excluding carboxylic acids is 1. The molecule has 2 aromatic carbocycles. The van der Waals surface area contributed by atoms with E-state index in [-0.39, 0.29) is 28.1 Å². The first kappa shape index (κ1) is 18.5. The van der Waals surface area contributed by atoms with Crippen molar-refractivity contribution >= 4 is 29.0 Å². The van der Waals surface area contributed by atoms with Crippen molar-refractivity contribution < 1.29 is 14.1 Å². The van der Waals surface area contributed by atoms with E-state index in [1.54, 1.807) is 31.2 Å². The van der Waals surface area contributed by atoms with Crippen LogP contribution in [0.2, 0.25) is 0 Å². The van der Waals surface area contributed by atoms with Gasteiger partial charge in [-0.1, -0.05) is 30.0 Å². The standard InChI is InChI=1S/C17H14FN5O3S/c1-10(16(24)19-11-5-4-6-12(9-11)23(25)26)27-17-20-15(21-22-17)13-7-2-3-8-14(13)18/h2-10H,1H3,(H,19,24)(H,20,21,22). The van der Waals surface area contributed by atoms with Crippen molar-refractivity contribution in [3.63, 3.8) is 0 Å². The third-order valence-electron chi connectivity index (χ3n) is 3.57. The Kier molecular flexibility index (Phi) is 5.46. The van der Waals surface area contributed by atoms with Crippen molar-refractivity contribution in [2.75, 3.05) is 5.32 Å². The number of nitrogens with zero attached hydrogens (tertiary/aromatic N) is 3. The molecule has 0 saturated carbocycles. The van der Waals surface area contributed by atoms with Gasteiger partial charge in [-0.25, -0.2) is 9.37 Å². The van der Waals surface area contributed by atoms with Gasteiger partial charge in [0, 0.05) is 17.8 Å². The van der Waals surface area contributed by atoms with E-state index in [1.165, 1.54) is 24.3 Å². The number of nitro groups is 1. The van der Waals surface area contributed by atoms with E-state index in [1.807, 2.05) is 0 Å². The highest BCUT2D eigenvalue weighted by Crippen LogP contribution is 2.25. The molecule has 0 fully saturated rings. The van der Waals surface area contributed by atoms with Crippen LogP contribution in [0.3, 0.4) is 0 Å². The summed E-state index contributed by atoms with van der Waals surface area (Å²) in [6.45, 7) is 1.65. The molecule has 1 aromatic heterocycles. The van der Waals surface area contributed by atoms with Gasteiger partial charge in [0.2, 0.25) is 11.1 Å². The second-order valence-corrected chi connectivity index (χ2v) is 6.81. The molecule has 138 valence electrons. The fourth-order valence-electron chi connectivity index (χ4n) is 2.23. The monoisotopic (exact) mass is 387 g/mol. The van der Waals surface area contributed by atoms with E-state index in [9.17, 15) is 19.3 Å². The summed E-state index contributed by atoms with van der Waals surface area (Å²) < 4.78 is 13.8. The minimum Gasteiger partial charge on any atom is -0.325 e. The van der Waals surface area contributed by atoms with E-state index in [2.05, 4.69) is 20.5 Å². The minimum atomic E-state index is -0.575. The third-order valence-corrected chi connectivity index (χ3v) is 4.53. The number of H-pyrrole nitrogens is 1. The van der Waals surface area contributed by atoms with Crippen LogP contribution in [0.4, 0.5) is 15.8 Å². The van der Waals surface area contributed by atoms with Gasteiger partial charge in [0.05, 0.1) is 15.7 Å². The number of hydrogen-bond donors (Lipinski definition) is 2. The number of aromatic nitrogens is 3. The molecule has 3 rings (SSSR count). The predicted octanol–water partition coefficient (Wildman–Crippen LogP) is 3.64. The second-order valence-electron chi connectivity index (χ2n) is 5.50. The molecular weight excluding hydrogens is 373 g/mol. The molecule has 0 spiro atoms. The number of rotatable bonds is 6. The van der Waals surface area contributed by atoms with Crippen molar-refractivity contribution in [2.24, 2.45) is 0 Å². The lowest BCUT2D eigenvalue weighted by molar-refractivity contribution is -0.384. The number of thioether (sulfide) groups is 1. The molecule has 10 heteroatoms. The molecule has 0 bridgehead atoms. The van der Waals surface area contributed by atoms with E-state index in [0.717, 1.165) is 11.8 Å². The van der Waals surface area contributed by atoms with Gasteiger partial charge >= 0.3 is 0 Å². The Labute approximate surface area is 157 Å². The number of anilines is 1. The molecule has 27 heavy (non-hydrogen) atoms. The molecule has 3 aromatic rings. The fraction of sp³-hybridized carbons (Fsp3) is 0.118. The quantitative estimate of drug-likeness (QED) is 0.379. The topological polar surface area (TPSA) is 114 Å². The van der Waals surface area contributed by atoms with Gasteiger partial charge in [0.25, 0.3) is 5.69 Å². The summed E-state index contributed by atoms with van der Waals surface area (Å²) >= 11 is 1.08. The van der Waals surface area contributed by atoms with E-state index >= 15 is 0 Å². The van der Waals surface area contributed by atoms with Crippen LogP contribution >= 0.6 is 11.8 Å². The van der Waals surface area contributed by atoms with Gasteiger partial charge in [-0.2, -0.15) is 0 Å². The Morgan fingerprint density at radius 3 is 2.81 bits per heavy atom. The lowest BCUT2D eigenvalue weighted by Gasteiger charge is -2.09. The van der Waals surface area contributed by atoms with Gasteiger partial charge in [-0.15, -0.1) is 5.10 Å². The fourth-order valence-corrected chi connectivity index (χ4v) is 2.95. The zero-order valence-electron chi connectivity index (χ0n) is 14.0. The molecule has 1 atom stereocenters. The number of hydrogen-bond acceptors (Lipinski definition) is 6. The third kappa shape index (κ3) is 4.47. The summed E-state index contributed by atoms with van der Waals surface area (Å²) in [5, 5.41) is 19.8. The molecule has 1 unspecified atom stereocenters. The zero-order valence-corrected chi connectivity index (χ0v) is 14.9. The number of halogens is 1. The summed E-state index contributed by atoms with van der Waals surface area (Å²) in [4.78, 5) is 26.8. The van der Waals surface area contributed by atoms with Crippen LogP contribution in [0.5, 0.6) is 0 Å². The normalized spacial score (nSPS) is 11.8. The van der Waals surface area contributed by atoms with Crippen molar-refractivity contribution in [2.45, 2.75) is 17.3 Å². The highest BCUT2D eigenvalue weighted by atomic mass is 32.2. The first-order valence-electron chi connectivity index (χ1n) is 7.83. The second kappa shape index (κ2) is 7.96.